The molecular weight excluding hydrogens is 232 g/mol. The molecule has 0 saturated heterocycles. The monoisotopic (exact) mass is 250 g/mol. The van der Waals surface area contributed by atoms with E-state index < -0.39 is 0 Å². The first kappa shape index (κ1) is 15.9. The predicted molar refractivity (Wildman–Crippen MR) is 74.7 cm³/mol. The second-order valence-electron chi connectivity index (χ2n) is 3.44. The van der Waals surface area contributed by atoms with Crippen LogP contribution in [0.3, 0.4) is 0 Å². The number of nitrogen functional groups attached to an aromatic ring is 2. The van der Waals surface area contributed by atoms with Crippen LogP contribution in [0, 0.1) is 0 Å². The molecule has 18 heavy (non-hydrogen) atoms. The second-order valence-corrected chi connectivity index (χ2v) is 3.44. The molecule has 0 amide bonds. The number of rotatable bonds is 3. The average Bonchev–Trinajstić information content (AvgIpc) is 2.39. The summed E-state index contributed by atoms with van der Waals surface area (Å²) in [6.45, 7) is 0. The Balaban J connectivity index is 0.00000144. The SMILES string of the molecule is NNc1ccc(-c2ccc(NN)cc2)cc1.O.O. The minimum absolute atomic E-state index is 0. The highest BCUT2D eigenvalue weighted by Gasteiger charge is 1.97. The zero-order valence-corrected chi connectivity index (χ0v) is 9.77. The van der Waals surface area contributed by atoms with Gasteiger partial charge in [0.15, 0.2) is 0 Å². The Kier molecular flexibility index (Phi) is 6.40. The van der Waals surface area contributed by atoms with Crippen LogP contribution in [-0.4, -0.2) is 11.0 Å². The molecule has 0 heterocycles. The Morgan fingerprint density at radius 3 is 1.06 bits per heavy atom. The van der Waals surface area contributed by atoms with Crippen LogP contribution in [0.1, 0.15) is 0 Å². The third kappa shape index (κ3) is 3.44. The highest BCUT2D eigenvalue weighted by Crippen LogP contribution is 2.22. The molecule has 0 saturated carbocycles. The van der Waals surface area contributed by atoms with Crippen LogP contribution in [0.25, 0.3) is 11.1 Å². The molecule has 6 nitrogen and oxygen atoms in total. The van der Waals surface area contributed by atoms with Gasteiger partial charge in [0.25, 0.3) is 0 Å². The molecule has 2 aromatic carbocycles. The molecule has 0 radical (unpaired) electrons. The first-order valence-corrected chi connectivity index (χ1v) is 4.97. The maximum atomic E-state index is 5.30. The molecule has 10 N–H and O–H groups in total. The van der Waals surface area contributed by atoms with Crippen molar-refractivity contribution in [1.82, 2.24) is 0 Å². The highest BCUT2D eigenvalue weighted by molar-refractivity contribution is 5.67. The van der Waals surface area contributed by atoms with Crippen LogP contribution in [-0.2, 0) is 0 Å². The summed E-state index contributed by atoms with van der Waals surface area (Å²) in [6, 6.07) is 15.8. The lowest BCUT2D eigenvalue weighted by Gasteiger charge is -2.05. The molecule has 6 heteroatoms. The van der Waals surface area contributed by atoms with Gasteiger partial charge in [0.05, 0.1) is 0 Å². The first-order valence-electron chi connectivity index (χ1n) is 4.97. The topological polar surface area (TPSA) is 139 Å². The van der Waals surface area contributed by atoms with Crippen LogP contribution in [0.4, 0.5) is 11.4 Å². The van der Waals surface area contributed by atoms with Gasteiger partial charge in [-0.05, 0) is 35.4 Å². The first-order chi connectivity index (χ1) is 7.83. The third-order valence-electron chi connectivity index (χ3n) is 2.44. The molecule has 0 spiro atoms. The lowest BCUT2D eigenvalue weighted by atomic mass is 10.1. The molecule has 0 unspecified atom stereocenters. The van der Waals surface area contributed by atoms with E-state index in [1.807, 2.05) is 48.5 Å². The molecule has 0 atom stereocenters. The van der Waals surface area contributed by atoms with E-state index in [0.29, 0.717) is 0 Å². The van der Waals surface area contributed by atoms with Gasteiger partial charge < -0.3 is 21.8 Å². The molecule has 0 aromatic heterocycles. The van der Waals surface area contributed by atoms with Gasteiger partial charge in [0.1, 0.15) is 0 Å². The number of hydrazine groups is 2. The largest absolute Gasteiger partial charge is 0.412 e. The van der Waals surface area contributed by atoms with Gasteiger partial charge in [-0.15, -0.1) is 0 Å². The number of anilines is 2. The van der Waals surface area contributed by atoms with Gasteiger partial charge in [0, 0.05) is 11.4 Å². The van der Waals surface area contributed by atoms with E-state index in [-0.39, 0.29) is 11.0 Å². The minimum Gasteiger partial charge on any atom is -0.412 e. The molecule has 2 rings (SSSR count). The standard InChI is InChI=1S/C12H14N4.2H2O/c13-15-11-5-1-9(2-6-11)10-3-7-12(16-14)8-4-10;;/h1-8,15-16H,13-14H2;2*1H2. The molecule has 0 fully saturated rings. The average molecular weight is 250 g/mol. The fourth-order valence-corrected chi connectivity index (χ4v) is 1.52. The fourth-order valence-electron chi connectivity index (χ4n) is 1.52. The minimum atomic E-state index is 0. The van der Waals surface area contributed by atoms with E-state index in [1.54, 1.807) is 0 Å². The number of hydrogen-bond donors (Lipinski definition) is 4. The van der Waals surface area contributed by atoms with Gasteiger partial charge >= 0.3 is 0 Å². The zero-order valence-electron chi connectivity index (χ0n) is 9.77. The molecular formula is C12H18N4O2. The van der Waals surface area contributed by atoms with Crippen LogP contribution < -0.4 is 22.5 Å². The van der Waals surface area contributed by atoms with E-state index in [9.17, 15) is 0 Å². The van der Waals surface area contributed by atoms with Gasteiger partial charge in [0.2, 0.25) is 0 Å². The lowest BCUT2D eigenvalue weighted by molar-refractivity contribution is 0.823. The smallest absolute Gasteiger partial charge is 0.0485 e. The van der Waals surface area contributed by atoms with E-state index >= 15 is 0 Å². The Hall–Kier alpha value is -2.12. The molecule has 0 aliphatic carbocycles. The molecule has 98 valence electrons. The number of hydrogen-bond acceptors (Lipinski definition) is 4. The van der Waals surface area contributed by atoms with Gasteiger partial charge in [-0.25, -0.2) is 0 Å². The van der Waals surface area contributed by atoms with Gasteiger partial charge in [-0.1, -0.05) is 24.3 Å². The summed E-state index contributed by atoms with van der Waals surface area (Å²) in [5, 5.41) is 0. The van der Waals surface area contributed by atoms with Crippen molar-refractivity contribution >= 4 is 11.4 Å². The van der Waals surface area contributed by atoms with Crippen molar-refractivity contribution in [3.63, 3.8) is 0 Å². The zero-order chi connectivity index (χ0) is 11.4. The third-order valence-corrected chi connectivity index (χ3v) is 2.44. The number of nitrogens with one attached hydrogen (secondary N) is 2. The van der Waals surface area contributed by atoms with Crippen LogP contribution >= 0.6 is 0 Å². The van der Waals surface area contributed by atoms with Gasteiger partial charge in [-0.3, -0.25) is 11.7 Å². The molecule has 0 bridgehead atoms. The summed E-state index contributed by atoms with van der Waals surface area (Å²) in [7, 11) is 0. The molecule has 0 aliphatic heterocycles. The van der Waals surface area contributed by atoms with Crippen LogP contribution in [0.5, 0.6) is 0 Å². The van der Waals surface area contributed by atoms with E-state index in [0.717, 1.165) is 22.5 Å². The van der Waals surface area contributed by atoms with Gasteiger partial charge in [-0.2, -0.15) is 0 Å². The highest BCUT2D eigenvalue weighted by atomic mass is 16.0. The number of benzene rings is 2. The van der Waals surface area contributed by atoms with Crippen molar-refractivity contribution in [1.29, 1.82) is 0 Å². The maximum Gasteiger partial charge on any atom is 0.0485 e. The van der Waals surface area contributed by atoms with Crippen LogP contribution in [0.15, 0.2) is 48.5 Å². The molecule has 2 aromatic rings. The van der Waals surface area contributed by atoms with Crippen molar-refractivity contribution in [2.75, 3.05) is 10.9 Å². The normalized spacial score (nSPS) is 8.78. The van der Waals surface area contributed by atoms with E-state index in [2.05, 4.69) is 10.9 Å². The number of nitrogens with two attached hydrogens (primary N) is 2. The van der Waals surface area contributed by atoms with E-state index in [1.165, 1.54) is 0 Å². The Morgan fingerprint density at radius 1 is 0.556 bits per heavy atom. The Bertz CT molecular complexity index is 411. The van der Waals surface area contributed by atoms with Crippen molar-refractivity contribution in [3.8, 4) is 11.1 Å². The van der Waals surface area contributed by atoms with Crippen molar-refractivity contribution in [2.24, 2.45) is 11.7 Å². The van der Waals surface area contributed by atoms with Crippen molar-refractivity contribution in [2.45, 2.75) is 0 Å². The quantitative estimate of drug-likeness (QED) is 0.458. The van der Waals surface area contributed by atoms with Crippen molar-refractivity contribution in [3.05, 3.63) is 48.5 Å². The Labute approximate surface area is 105 Å². The van der Waals surface area contributed by atoms with Crippen molar-refractivity contribution < 1.29 is 11.0 Å². The maximum absolute atomic E-state index is 5.30. The van der Waals surface area contributed by atoms with Crippen LogP contribution in [0.2, 0.25) is 0 Å². The summed E-state index contributed by atoms with van der Waals surface area (Å²) in [6.07, 6.45) is 0. The summed E-state index contributed by atoms with van der Waals surface area (Å²) in [4.78, 5) is 0. The second kappa shape index (κ2) is 7.25. The lowest BCUT2D eigenvalue weighted by Crippen LogP contribution is -2.06. The van der Waals surface area contributed by atoms with E-state index in [4.69, 9.17) is 11.7 Å². The fraction of sp³-hybridized carbons (Fsp3) is 0. The summed E-state index contributed by atoms with van der Waals surface area (Å²) >= 11 is 0. The predicted octanol–water partition coefficient (Wildman–Crippen LogP) is 0.275. The molecule has 0 aliphatic rings. The summed E-state index contributed by atoms with van der Waals surface area (Å²) in [5.74, 6) is 10.6. The Morgan fingerprint density at radius 2 is 0.833 bits per heavy atom. The summed E-state index contributed by atoms with van der Waals surface area (Å²) in [5.41, 5.74) is 9.26. The summed E-state index contributed by atoms with van der Waals surface area (Å²) < 4.78 is 0.